The zero-order chi connectivity index (χ0) is 22.5. The topological polar surface area (TPSA) is 87.7 Å². The molecule has 1 atom stereocenters. The van der Waals surface area contributed by atoms with Crippen molar-refractivity contribution in [2.75, 3.05) is 38.2 Å². The normalized spacial score (nSPS) is 18.4. The van der Waals surface area contributed by atoms with Crippen molar-refractivity contribution in [2.24, 2.45) is 0 Å². The highest BCUT2D eigenvalue weighted by Gasteiger charge is 2.31. The van der Waals surface area contributed by atoms with E-state index in [1.807, 2.05) is 24.0 Å². The van der Waals surface area contributed by atoms with Crippen molar-refractivity contribution in [1.29, 1.82) is 0 Å². The fourth-order valence-electron chi connectivity index (χ4n) is 4.27. The fourth-order valence-corrected chi connectivity index (χ4v) is 4.27. The minimum absolute atomic E-state index is 0.00501. The van der Waals surface area contributed by atoms with Crippen LogP contribution in [0.5, 0.6) is 0 Å². The number of nitrogens with one attached hydrogen (secondary N) is 1. The van der Waals surface area contributed by atoms with E-state index in [0.717, 1.165) is 49.1 Å². The summed E-state index contributed by atoms with van der Waals surface area (Å²) in [6.07, 6.45) is 4.39. The molecule has 4 rings (SSSR count). The first-order valence-corrected chi connectivity index (χ1v) is 11.0. The smallest absolute Gasteiger partial charge is 0.249 e. The SMILES string of the molecule is Cc1cc(Nc2ccc(F)cn2)cc(C2CCCN2C(=O)COCCN2CCCC2=O)n1. The predicted octanol–water partition coefficient (Wildman–Crippen LogP) is 2.97. The summed E-state index contributed by atoms with van der Waals surface area (Å²) in [6, 6.07) is 6.60. The van der Waals surface area contributed by atoms with Crippen molar-refractivity contribution in [2.45, 2.75) is 38.6 Å². The molecule has 2 aliphatic heterocycles. The quantitative estimate of drug-likeness (QED) is 0.634. The zero-order valence-corrected chi connectivity index (χ0v) is 18.2. The van der Waals surface area contributed by atoms with Crippen LogP contribution in [0.2, 0.25) is 0 Å². The van der Waals surface area contributed by atoms with Crippen LogP contribution in [0.15, 0.2) is 30.5 Å². The Morgan fingerprint density at radius 2 is 2.16 bits per heavy atom. The Hall–Kier alpha value is -3.07. The lowest BCUT2D eigenvalue weighted by Gasteiger charge is -2.25. The van der Waals surface area contributed by atoms with Gasteiger partial charge in [0.05, 0.1) is 24.5 Å². The molecule has 0 aliphatic carbocycles. The van der Waals surface area contributed by atoms with E-state index >= 15 is 0 Å². The highest BCUT2D eigenvalue weighted by atomic mass is 19.1. The lowest BCUT2D eigenvalue weighted by molar-refractivity contribution is -0.137. The Morgan fingerprint density at radius 3 is 2.91 bits per heavy atom. The van der Waals surface area contributed by atoms with Crippen LogP contribution in [-0.4, -0.2) is 64.4 Å². The predicted molar refractivity (Wildman–Crippen MR) is 117 cm³/mol. The lowest BCUT2D eigenvalue weighted by Crippen LogP contribution is -2.35. The second kappa shape index (κ2) is 10.0. The van der Waals surface area contributed by atoms with E-state index in [1.165, 1.54) is 6.07 Å². The van der Waals surface area contributed by atoms with Crippen molar-refractivity contribution in [3.63, 3.8) is 0 Å². The van der Waals surface area contributed by atoms with Gasteiger partial charge in [-0.25, -0.2) is 9.37 Å². The Morgan fingerprint density at radius 1 is 1.28 bits per heavy atom. The maximum Gasteiger partial charge on any atom is 0.249 e. The van der Waals surface area contributed by atoms with E-state index in [2.05, 4.69) is 15.3 Å². The minimum Gasteiger partial charge on any atom is -0.370 e. The molecular formula is C23H28FN5O3. The number of rotatable bonds is 8. The highest BCUT2D eigenvalue weighted by molar-refractivity contribution is 5.78. The van der Waals surface area contributed by atoms with Gasteiger partial charge in [0.25, 0.3) is 0 Å². The average molecular weight is 442 g/mol. The highest BCUT2D eigenvalue weighted by Crippen LogP contribution is 2.32. The summed E-state index contributed by atoms with van der Waals surface area (Å²) in [7, 11) is 0. The van der Waals surface area contributed by atoms with Crippen LogP contribution in [-0.2, 0) is 14.3 Å². The van der Waals surface area contributed by atoms with Gasteiger partial charge in [-0.15, -0.1) is 0 Å². The number of carbonyl (C=O) groups is 2. The monoisotopic (exact) mass is 441 g/mol. The first-order chi connectivity index (χ1) is 15.5. The van der Waals surface area contributed by atoms with Crippen molar-refractivity contribution in [3.05, 3.63) is 47.7 Å². The van der Waals surface area contributed by atoms with Crippen molar-refractivity contribution in [3.8, 4) is 0 Å². The summed E-state index contributed by atoms with van der Waals surface area (Å²) in [4.78, 5) is 36.8. The molecule has 2 fully saturated rings. The number of hydrogen-bond donors (Lipinski definition) is 1. The summed E-state index contributed by atoms with van der Waals surface area (Å²) in [5.41, 5.74) is 2.42. The van der Waals surface area contributed by atoms with Crippen LogP contribution in [0.25, 0.3) is 0 Å². The number of aryl methyl sites for hydroxylation is 1. The standard InChI is InChI=1S/C23H28FN5O3/c1-16-12-18(27-21-7-6-17(24)14-25-21)13-19(26-16)20-4-2-9-29(20)23(31)15-32-11-10-28-8-3-5-22(28)30/h6-7,12-14,20H,2-5,8-11,15H2,1H3,(H,25,26,27). The molecule has 9 heteroatoms. The molecule has 4 heterocycles. The van der Waals surface area contributed by atoms with Crippen LogP contribution in [0.1, 0.15) is 43.1 Å². The summed E-state index contributed by atoms with van der Waals surface area (Å²) in [5, 5.41) is 3.17. The lowest BCUT2D eigenvalue weighted by atomic mass is 10.1. The number of ether oxygens (including phenoxy) is 1. The molecule has 1 N–H and O–H groups in total. The van der Waals surface area contributed by atoms with Gasteiger partial charge < -0.3 is 19.9 Å². The number of aromatic nitrogens is 2. The van der Waals surface area contributed by atoms with Crippen LogP contribution >= 0.6 is 0 Å². The zero-order valence-electron chi connectivity index (χ0n) is 18.2. The van der Waals surface area contributed by atoms with Crippen LogP contribution in [0.4, 0.5) is 15.9 Å². The first-order valence-electron chi connectivity index (χ1n) is 11.0. The number of anilines is 2. The van der Waals surface area contributed by atoms with Gasteiger partial charge in [0, 0.05) is 37.4 Å². The number of halogens is 1. The third kappa shape index (κ3) is 5.40. The summed E-state index contributed by atoms with van der Waals surface area (Å²) >= 11 is 0. The number of pyridine rings is 2. The maximum absolute atomic E-state index is 13.1. The van der Waals surface area contributed by atoms with Gasteiger partial charge in [-0.3, -0.25) is 14.6 Å². The second-order valence-corrected chi connectivity index (χ2v) is 8.19. The van der Waals surface area contributed by atoms with Gasteiger partial charge in [0.15, 0.2) is 0 Å². The molecule has 0 bridgehead atoms. The molecule has 2 aromatic rings. The molecule has 2 saturated heterocycles. The van der Waals surface area contributed by atoms with Gasteiger partial charge in [-0.1, -0.05) is 0 Å². The molecule has 170 valence electrons. The average Bonchev–Trinajstić information content (AvgIpc) is 3.42. The van der Waals surface area contributed by atoms with E-state index in [-0.39, 0.29) is 24.5 Å². The largest absolute Gasteiger partial charge is 0.370 e. The van der Waals surface area contributed by atoms with Crippen LogP contribution in [0.3, 0.4) is 0 Å². The van der Waals surface area contributed by atoms with Crippen molar-refractivity contribution >= 4 is 23.3 Å². The molecule has 0 aromatic carbocycles. The molecule has 0 saturated carbocycles. The van der Waals surface area contributed by atoms with E-state index in [9.17, 15) is 14.0 Å². The molecule has 2 amide bonds. The van der Waals surface area contributed by atoms with Crippen LogP contribution < -0.4 is 5.32 Å². The molecule has 2 aromatic heterocycles. The van der Waals surface area contributed by atoms with Gasteiger partial charge in [0.1, 0.15) is 18.2 Å². The maximum atomic E-state index is 13.1. The minimum atomic E-state index is -0.392. The molecule has 32 heavy (non-hydrogen) atoms. The first kappa shape index (κ1) is 22.1. The number of hydrogen-bond acceptors (Lipinski definition) is 6. The Labute approximate surface area is 186 Å². The number of carbonyl (C=O) groups excluding carboxylic acids is 2. The Balaban J connectivity index is 1.36. The third-order valence-electron chi connectivity index (χ3n) is 5.79. The number of amides is 2. The molecular weight excluding hydrogens is 413 g/mol. The molecule has 2 aliphatic rings. The van der Waals surface area contributed by atoms with E-state index in [4.69, 9.17) is 4.74 Å². The molecule has 0 spiro atoms. The van der Waals surface area contributed by atoms with Gasteiger partial charge in [0.2, 0.25) is 11.8 Å². The number of likely N-dealkylation sites (tertiary alicyclic amines) is 2. The number of nitrogens with zero attached hydrogens (tertiary/aromatic N) is 4. The van der Waals surface area contributed by atoms with Crippen LogP contribution in [0, 0.1) is 12.7 Å². The van der Waals surface area contributed by atoms with E-state index in [1.54, 1.807) is 11.0 Å². The molecule has 8 nitrogen and oxygen atoms in total. The second-order valence-electron chi connectivity index (χ2n) is 8.19. The van der Waals surface area contributed by atoms with E-state index in [0.29, 0.717) is 31.9 Å². The molecule has 1 unspecified atom stereocenters. The van der Waals surface area contributed by atoms with Gasteiger partial charge >= 0.3 is 0 Å². The van der Waals surface area contributed by atoms with Gasteiger partial charge in [-0.05, 0) is 50.5 Å². The summed E-state index contributed by atoms with van der Waals surface area (Å²) in [6.45, 7) is 4.22. The van der Waals surface area contributed by atoms with Crippen molar-refractivity contribution < 1.29 is 18.7 Å². The molecule has 0 radical (unpaired) electrons. The fraction of sp³-hybridized carbons (Fsp3) is 0.478. The Kier molecular flexibility index (Phi) is 6.94. The Bertz CT molecular complexity index is 969. The summed E-state index contributed by atoms with van der Waals surface area (Å²) in [5.74, 6) is 0.229. The van der Waals surface area contributed by atoms with Crippen molar-refractivity contribution in [1.82, 2.24) is 19.8 Å². The third-order valence-corrected chi connectivity index (χ3v) is 5.79. The van der Waals surface area contributed by atoms with E-state index < -0.39 is 5.82 Å². The summed E-state index contributed by atoms with van der Waals surface area (Å²) < 4.78 is 18.7. The van der Waals surface area contributed by atoms with Gasteiger partial charge in [-0.2, -0.15) is 0 Å².